The van der Waals surface area contributed by atoms with Crippen molar-refractivity contribution in [2.45, 2.75) is 25.1 Å². The van der Waals surface area contributed by atoms with Gasteiger partial charge in [0.25, 0.3) is 0 Å². The van der Waals surface area contributed by atoms with Crippen LogP contribution in [0.15, 0.2) is 36.6 Å². The van der Waals surface area contributed by atoms with Crippen LogP contribution in [0.4, 0.5) is 35.0 Å². The molecule has 1 aromatic carbocycles. The summed E-state index contributed by atoms with van der Waals surface area (Å²) in [6.07, 6.45) is -1.24. The molecule has 2 aliphatic heterocycles. The van der Waals surface area contributed by atoms with Crippen molar-refractivity contribution in [2.75, 3.05) is 68.5 Å². The van der Waals surface area contributed by atoms with E-state index in [0.717, 1.165) is 45.1 Å². The standard InChI is InChI=1S/C28H33F4N7O3/c1-4-24(42)38-12-14-39(15-13-38)26-19(21(17-40)34-27(35-26)33-18-8-10-36(2)11-9-18)16-23(28(30,31)32)37(3)25-20(29)6-5-7-22(25)41/h4-7,16-18,41H,1,8-15H2,2-3H3,(H,33,34,35)/b23-16-. The van der Waals surface area contributed by atoms with Gasteiger partial charge in [-0.1, -0.05) is 12.6 Å². The first kappa shape index (κ1) is 30.8. The van der Waals surface area contributed by atoms with Crippen LogP contribution in [0.5, 0.6) is 5.75 Å². The minimum absolute atomic E-state index is 0.00194. The number of aromatic nitrogens is 2. The topological polar surface area (TPSA) is 105 Å². The highest BCUT2D eigenvalue weighted by Gasteiger charge is 2.39. The van der Waals surface area contributed by atoms with Gasteiger partial charge in [-0.15, -0.1) is 0 Å². The number of para-hydroxylation sites is 1. The maximum absolute atomic E-state index is 14.6. The molecular weight excluding hydrogens is 558 g/mol. The highest BCUT2D eigenvalue weighted by molar-refractivity contribution is 5.88. The third-order valence-corrected chi connectivity index (χ3v) is 7.42. The van der Waals surface area contributed by atoms with Crippen LogP contribution in [0.25, 0.3) is 6.08 Å². The lowest BCUT2D eigenvalue weighted by molar-refractivity contribution is -0.126. The summed E-state index contributed by atoms with van der Waals surface area (Å²) in [7, 11) is 2.97. The Balaban J connectivity index is 1.82. The quantitative estimate of drug-likeness (QED) is 0.271. The fourth-order valence-electron chi connectivity index (χ4n) is 5.07. The van der Waals surface area contributed by atoms with Crippen molar-refractivity contribution in [1.29, 1.82) is 0 Å². The number of hydrogen-bond acceptors (Lipinski definition) is 9. The highest BCUT2D eigenvalue weighted by Crippen LogP contribution is 2.39. The van der Waals surface area contributed by atoms with Gasteiger partial charge >= 0.3 is 6.18 Å². The number of aromatic hydroxyl groups is 1. The second-order valence-electron chi connectivity index (χ2n) is 10.2. The summed E-state index contributed by atoms with van der Waals surface area (Å²) in [5.74, 6) is -1.89. The van der Waals surface area contributed by atoms with E-state index in [9.17, 15) is 32.3 Å². The van der Waals surface area contributed by atoms with Crippen molar-refractivity contribution in [3.8, 4) is 5.75 Å². The molecule has 0 bridgehead atoms. The van der Waals surface area contributed by atoms with Crippen molar-refractivity contribution < 1.29 is 32.3 Å². The van der Waals surface area contributed by atoms with Gasteiger partial charge in [-0.25, -0.2) is 9.37 Å². The van der Waals surface area contributed by atoms with Crippen LogP contribution in [0.1, 0.15) is 28.9 Å². The highest BCUT2D eigenvalue weighted by atomic mass is 19.4. The average Bonchev–Trinajstić information content (AvgIpc) is 2.96. The van der Waals surface area contributed by atoms with E-state index in [2.05, 4.69) is 26.8 Å². The van der Waals surface area contributed by atoms with Gasteiger partial charge in [-0.05, 0) is 57.3 Å². The molecule has 1 aromatic heterocycles. The smallest absolute Gasteiger partial charge is 0.431 e. The van der Waals surface area contributed by atoms with Gasteiger partial charge in [-0.2, -0.15) is 18.2 Å². The molecule has 2 fully saturated rings. The minimum atomic E-state index is -5.03. The normalized spacial score (nSPS) is 17.2. The Bertz CT molecular complexity index is 1330. The number of carbonyl (C=O) groups excluding carboxylic acids is 2. The number of amides is 1. The van der Waals surface area contributed by atoms with Crippen molar-refractivity contribution in [2.24, 2.45) is 0 Å². The van der Waals surface area contributed by atoms with Crippen molar-refractivity contribution in [3.05, 3.63) is 53.6 Å². The number of allylic oxidation sites excluding steroid dienone is 1. The second kappa shape index (κ2) is 12.8. The van der Waals surface area contributed by atoms with Gasteiger partial charge in [-0.3, -0.25) is 9.59 Å². The summed E-state index contributed by atoms with van der Waals surface area (Å²) in [6.45, 7) is 6.09. The molecule has 0 unspecified atom stereocenters. The number of rotatable bonds is 8. The lowest BCUT2D eigenvalue weighted by Gasteiger charge is -2.36. The number of hydrogen-bond donors (Lipinski definition) is 2. The number of aldehydes is 1. The van der Waals surface area contributed by atoms with E-state index >= 15 is 0 Å². The van der Waals surface area contributed by atoms with Crippen LogP contribution in [-0.2, 0) is 4.79 Å². The molecule has 4 rings (SSSR count). The van der Waals surface area contributed by atoms with Gasteiger partial charge in [0.1, 0.15) is 28.6 Å². The number of nitrogens with one attached hydrogen (secondary N) is 1. The van der Waals surface area contributed by atoms with Crippen LogP contribution >= 0.6 is 0 Å². The van der Waals surface area contributed by atoms with Gasteiger partial charge < -0.3 is 30.0 Å². The summed E-state index contributed by atoms with van der Waals surface area (Å²) < 4.78 is 58.1. The number of benzene rings is 1. The summed E-state index contributed by atoms with van der Waals surface area (Å²) in [5.41, 5.74) is -2.56. The Kier molecular flexibility index (Phi) is 9.34. The Morgan fingerprint density at radius 1 is 1.14 bits per heavy atom. The third-order valence-electron chi connectivity index (χ3n) is 7.42. The van der Waals surface area contributed by atoms with E-state index in [4.69, 9.17) is 0 Å². The number of phenolic OH excluding ortho intramolecular Hbond substituents is 1. The molecule has 0 spiro atoms. The molecule has 0 atom stereocenters. The zero-order valence-corrected chi connectivity index (χ0v) is 23.4. The van der Waals surface area contributed by atoms with E-state index < -0.39 is 29.1 Å². The summed E-state index contributed by atoms with van der Waals surface area (Å²) in [6, 6.07) is 3.17. The minimum Gasteiger partial charge on any atom is -0.506 e. The molecule has 0 radical (unpaired) electrons. The van der Waals surface area contributed by atoms with Crippen LogP contribution in [-0.4, -0.2) is 103 Å². The maximum Gasteiger partial charge on any atom is 0.431 e. The average molecular weight is 592 g/mol. The molecular formula is C28H33F4N7O3. The van der Waals surface area contributed by atoms with Crippen molar-refractivity contribution in [3.63, 3.8) is 0 Å². The Hall–Kier alpha value is -4.20. The lowest BCUT2D eigenvalue weighted by Crippen LogP contribution is -2.49. The summed E-state index contributed by atoms with van der Waals surface area (Å²) >= 11 is 0. The number of piperidine rings is 1. The Morgan fingerprint density at radius 2 is 1.81 bits per heavy atom. The number of carbonyl (C=O) groups is 2. The number of likely N-dealkylation sites (tertiary alicyclic amines) is 1. The molecule has 0 saturated carbocycles. The molecule has 0 aliphatic carbocycles. The van der Waals surface area contributed by atoms with Crippen LogP contribution in [0.3, 0.4) is 0 Å². The fourth-order valence-corrected chi connectivity index (χ4v) is 5.07. The van der Waals surface area contributed by atoms with Crippen molar-refractivity contribution in [1.82, 2.24) is 19.8 Å². The molecule has 3 heterocycles. The molecule has 226 valence electrons. The number of piperazine rings is 1. The van der Waals surface area contributed by atoms with E-state index in [1.807, 2.05) is 7.05 Å². The molecule has 2 saturated heterocycles. The zero-order chi connectivity index (χ0) is 30.6. The number of nitrogens with zero attached hydrogens (tertiary/aromatic N) is 6. The van der Waals surface area contributed by atoms with Gasteiger partial charge in [0, 0.05) is 44.8 Å². The van der Waals surface area contributed by atoms with Crippen LogP contribution < -0.4 is 15.1 Å². The third kappa shape index (κ3) is 6.81. The van der Waals surface area contributed by atoms with E-state index in [1.54, 1.807) is 9.80 Å². The lowest BCUT2D eigenvalue weighted by atomic mass is 10.1. The van der Waals surface area contributed by atoms with Gasteiger partial charge in [0.15, 0.2) is 12.1 Å². The summed E-state index contributed by atoms with van der Waals surface area (Å²) in [5, 5.41) is 13.4. The first-order chi connectivity index (χ1) is 19.9. The van der Waals surface area contributed by atoms with Crippen LogP contribution in [0, 0.1) is 5.82 Å². The monoisotopic (exact) mass is 591 g/mol. The SMILES string of the molecule is C=CC(=O)N1CCN(c2nc(NC3CCN(C)CC3)nc(C=O)c2/C=C(\N(C)c2c(O)cccc2F)C(F)(F)F)CC1. The number of anilines is 3. The maximum atomic E-state index is 14.6. The van der Waals surface area contributed by atoms with E-state index in [0.29, 0.717) is 17.3 Å². The number of halogens is 4. The second-order valence-corrected chi connectivity index (χ2v) is 10.2. The zero-order valence-electron chi connectivity index (χ0n) is 23.4. The predicted octanol–water partition coefficient (Wildman–Crippen LogP) is 3.51. The molecule has 1 amide bonds. The first-order valence-corrected chi connectivity index (χ1v) is 13.4. The molecule has 2 N–H and O–H groups in total. The first-order valence-electron chi connectivity index (χ1n) is 13.4. The fraction of sp³-hybridized carbons (Fsp3) is 0.429. The predicted molar refractivity (Wildman–Crippen MR) is 151 cm³/mol. The number of alkyl halides is 3. The van der Waals surface area contributed by atoms with Gasteiger partial charge in [0.2, 0.25) is 11.9 Å². The Labute approximate surface area is 240 Å². The molecule has 2 aromatic rings. The van der Waals surface area contributed by atoms with Crippen LogP contribution in [0.2, 0.25) is 0 Å². The van der Waals surface area contributed by atoms with Gasteiger partial charge in [0.05, 0.1) is 0 Å². The molecule has 10 nitrogen and oxygen atoms in total. The van der Waals surface area contributed by atoms with E-state index in [1.165, 1.54) is 12.1 Å². The van der Waals surface area contributed by atoms with Crippen molar-refractivity contribution >= 4 is 35.7 Å². The molecule has 42 heavy (non-hydrogen) atoms. The Morgan fingerprint density at radius 3 is 2.38 bits per heavy atom. The largest absolute Gasteiger partial charge is 0.506 e. The molecule has 2 aliphatic rings. The summed E-state index contributed by atoms with van der Waals surface area (Å²) in [4.78, 5) is 39.1. The van der Waals surface area contributed by atoms with E-state index in [-0.39, 0.29) is 61.2 Å². The molecule has 14 heteroatoms. The number of phenols is 1.